The van der Waals surface area contributed by atoms with Crippen LogP contribution in [0.5, 0.6) is 5.75 Å². The number of ether oxygens (including phenoxy) is 1. The number of benzene rings is 1. The summed E-state index contributed by atoms with van der Waals surface area (Å²) in [6.45, 7) is 4.62. The van der Waals surface area contributed by atoms with Gasteiger partial charge >= 0.3 is 6.03 Å². The van der Waals surface area contributed by atoms with Crippen LogP contribution < -0.4 is 15.5 Å². The normalized spacial score (nSPS) is 25.3. The van der Waals surface area contributed by atoms with Crippen LogP contribution in [0.4, 0.5) is 4.79 Å². The van der Waals surface area contributed by atoms with Crippen LogP contribution in [0.25, 0.3) is 0 Å². The Bertz CT molecular complexity index is 693. The Morgan fingerprint density at radius 2 is 1.92 bits per heavy atom. The highest BCUT2D eigenvalue weighted by molar-refractivity contribution is 6.08. The fourth-order valence-electron chi connectivity index (χ4n) is 3.54. The number of carbonyl (C=O) groups is 3. The third-order valence-corrected chi connectivity index (χ3v) is 5.13. The number of carbonyl (C=O) groups excluding carboxylic acids is 3. The van der Waals surface area contributed by atoms with Crippen molar-refractivity contribution in [2.45, 2.75) is 51.5 Å². The number of hydrazine groups is 1. The second-order valence-corrected chi connectivity index (χ2v) is 7.12. The Labute approximate surface area is 153 Å². The number of imide groups is 1. The van der Waals surface area contributed by atoms with Crippen LogP contribution in [-0.4, -0.2) is 35.0 Å². The van der Waals surface area contributed by atoms with Gasteiger partial charge in [-0.2, -0.15) is 5.01 Å². The molecule has 2 aliphatic rings. The lowest BCUT2D eigenvalue weighted by Crippen LogP contribution is -2.51. The minimum Gasteiger partial charge on any atom is -0.494 e. The van der Waals surface area contributed by atoms with Crippen LogP contribution in [0, 0.1) is 5.92 Å². The maximum atomic E-state index is 12.7. The summed E-state index contributed by atoms with van der Waals surface area (Å²) in [7, 11) is 0. The molecule has 140 valence electrons. The number of amides is 4. The van der Waals surface area contributed by atoms with E-state index in [4.69, 9.17) is 4.74 Å². The molecular weight excluding hydrogens is 334 g/mol. The molecule has 1 aliphatic heterocycles. The molecule has 1 heterocycles. The summed E-state index contributed by atoms with van der Waals surface area (Å²) in [6, 6.07) is 6.61. The van der Waals surface area contributed by atoms with Gasteiger partial charge in [-0.25, -0.2) is 4.79 Å². The van der Waals surface area contributed by atoms with Gasteiger partial charge in [-0.05, 0) is 56.2 Å². The van der Waals surface area contributed by atoms with Gasteiger partial charge in [-0.15, -0.1) is 0 Å². The van der Waals surface area contributed by atoms with Gasteiger partial charge < -0.3 is 10.1 Å². The topological polar surface area (TPSA) is 87.7 Å². The smallest absolute Gasteiger partial charge is 0.344 e. The molecule has 2 fully saturated rings. The average molecular weight is 359 g/mol. The quantitative estimate of drug-likeness (QED) is 0.789. The molecule has 3 rings (SSSR count). The SMILES string of the molecule is CCOc1ccc(CC(=O)NN2C(=O)NC3(CCC(C)CC3)C2=O)cc1. The van der Waals surface area contributed by atoms with Crippen LogP contribution in [0.3, 0.4) is 0 Å². The lowest BCUT2D eigenvalue weighted by atomic mass is 9.77. The van der Waals surface area contributed by atoms with Crippen molar-refractivity contribution in [3.05, 3.63) is 29.8 Å². The summed E-state index contributed by atoms with van der Waals surface area (Å²) in [5.41, 5.74) is 2.38. The molecule has 0 aromatic heterocycles. The molecule has 2 N–H and O–H groups in total. The first-order valence-corrected chi connectivity index (χ1v) is 9.11. The van der Waals surface area contributed by atoms with E-state index in [0.29, 0.717) is 25.4 Å². The molecule has 4 amide bonds. The molecular formula is C19H25N3O4. The van der Waals surface area contributed by atoms with Crippen LogP contribution >= 0.6 is 0 Å². The van der Waals surface area contributed by atoms with Crippen molar-refractivity contribution in [1.82, 2.24) is 15.8 Å². The van der Waals surface area contributed by atoms with Gasteiger partial charge in [0.2, 0.25) is 5.91 Å². The number of hydrogen-bond donors (Lipinski definition) is 2. The number of hydrogen-bond acceptors (Lipinski definition) is 4. The van der Waals surface area contributed by atoms with Gasteiger partial charge in [0.25, 0.3) is 5.91 Å². The predicted molar refractivity (Wildman–Crippen MR) is 95.2 cm³/mol. The highest BCUT2D eigenvalue weighted by atomic mass is 16.5. The maximum absolute atomic E-state index is 12.7. The van der Waals surface area contributed by atoms with E-state index in [2.05, 4.69) is 17.7 Å². The number of nitrogens with one attached hydrogen (secondary N) is 2. The second kappa shape index (κ2) is 7.35. The van der Waals surface area contributed by atoms with Crippen molar-refractivity contribution in [3.8, 4) is 5.75 Å². The molecule has 0 radical (unpaired) electrons. The van der Waals surface area contributed by atoms with Crippen LogP contribution in [0.2, 0.25) is 0 Å². The summed E-state index contributed by atoms with van der Waals surface area (Å²) in [5, 5.41) is 3.63. The third kappa shape index (κ3) is 3.66. The van der Waals surface area contributed by atoms with Gasteiger partial charge in [-0.3, -0.25) is 15.0 Å². The van der Waals surface area contributed by atoms with E-state index in [1.54, 1.807) is 24.3 Å². The summed E-state index contributed by atoms with van der Waals surface area (Å²) in [4.78, 5) is 37.2. The molecule has 1 saturated heterocycles. The monoisotopic (exact) mass is 359 g/mol. The largest absolute Gasteiger partial charge is 0.494 e. The molecule has 7 heteroatoms. The van der Waals surface area contributed by atoms with Crippen molar-refractivity contribution in [1.29, 1.82) is 0 Å². The maximum Gasteiger partial charge on any atom is 0.344 e. The first-order chi connectivity index (χ1) is 12.4. The fourth-order valence-corrected chi connectivity index (χ4v) is 3.54. The molecule has 7 nitrogen and oxygen atoms in total. The minimum atomic E-state index is -0.851. The number of rotatable bonds is 5. The van der Waals surface area contributed by atoms with Gasteiger partial charge in [0.05, 0.1) is 13.0 Å². The Morgan fingerprint density at radius 3 is 2.54 bits per heavy atom. The summed E-state index contributed by atoms with van der Waals surface area (Å²) in [5.74, 6) is 0.529. The molecule has 1 aliphatic carbocycles. The van der Waals surface area contributed by atoms with Crippen molar-refractivity contribution in [3.63, 3.8) is 0 Å². The zero-order valence-corrected chi connectivity index (χ0v) is 15.2. The van der Waals surface area contributed by atoms with Crippen molar-refractivity contribution < 1.29 is 19.1 Å². The first kappa shape index (κ1) is 18.2. The van der Waals surface area contributed by atoms with E-state index in [0.717, 1.165) is 29.2 Å². The van der Waals surface area contributed by atoms with E-state index in [1.807, 2.05) is 6.92 Å². The zero-order valence-electron chi connectivity index (χ0n) is 15.2. The van der Waals surface area contributed by atoms with E-state index in [-0.39, 0.29) is 12.3 Å². The van der Waals surface area contributed by atoms with Crippen molar-refractivity contribution in [2.75, 3.05) is 6.61 Å². The van der Waals surface area contributed by atoms with Crippen LogP contribution in [0.1, 0.15) is 45.1 Å². The fraction of sp³-hybridized carbons (Fsp3) is 0.526. The Morgan fingerprint density at radius 1 is 1.27 bits per heavy atom. The van der Waals surface area contributed by atoms with E-state index >= 15 is 0 Å². The average Bonchev–Trinajstić information content (AvgIpc) is 2.84. The van der Waals surface area contributed by atoms with Gasteiger partial charge in [0.15, 0.2) is 0 Å². The predicted octanol–water partition coefficient (Wildman–Crippen LogP) is 2.16. The highest BCUT2D eigenvalue weighted by Gasteiger charge is 2.52. The minimum absolute atomic E-state index is 0.0769. The van der Waals surface area contributed by atoms with Crippen molar-refractivity contribution >= 4 is 17.8 Å². The number of nitrogens with zero attached hydrogens (tertiary/aromatic N) is 1. The van der Waals surface area contributed by atoms with E-state index < -0.39 is 17.5 Å². The molecule has 1 aromatic carbocycles. The van der Waals surface area contributed by atoms with Crippen LogP contribution in [0.15, 0.2) is 24.3 Å². The van der Waals surface area contributed by atoms with Crippen LogP contribution in [-0.2, 0) is 16.0 Å². The standard InChI is InChI=1S/C19H25N3O4/c1-3-26-15-6-4-14(5-7-15)12-16(23)21-22-17(24)19(20-18(22)25)10-8-13(2)9-11-19/h4-7,13H,3,8-12H2,1-2H3,(H,20,25)(H,21,23). The van der Waals surface area contributed by atoms with Gasteiger partial charge in [-0.1, -0.05) is 19.1 Å². The van der Waals surface area contributed by atoms with Crippen molar-refractivity contribution in [2.24, 2.45) is 5.92 Å². The molecule has 0 atom stereocenters. The lowest BCUT2D eigenvalue weighted by Gasteiger charge is -2.33. The van der Waals surface area contributed by atoms with Gasteiger partial charge in [0, 0.05) is 0 Å². The third-order valence-electron chi connectivity index (χ3n) is 5.13. The summed E-state index contributed by atoms with van der Waals surface area (Å²) in [6.07, 6.45) is 3.08. The Kier molecular flexibility index (Phi) is 5.15. The summed E-state index contributed by atoms with van der Waals surface area (Å²) >= 11 is 0. The molecule has 0 unspecified atom stereocenters. The molecule has 1 aromatic rings. The van der Waals surface area contributed by atoms with E-state index in [1.165, 1.54) is 0 Å². The second-order valence-electron chi connectivity index (χ2n) is 7.12. The summed E-state index contributed by atoms with van der Waals surface area (Å²) < 4.78 is 5.37. The molecule has 26 heavy (non-hydrogen) atoms. The first-order valence-electron chi connectivity index (χ1n) is 9.11. The number of urea groups is 1. The zero-order chi connectivity index (χ0) is 18.7. The molecule has 1 saturated carbocycles. The Hall–Kier alpha value is -2.57. The molecule has 1 spiro atoms. The highest BCUT2D eigenvalue weighted by Crippen LogP contribution is 2.35. The Balaban J connectivity index is 1.60. The molecule has 0 bridgehead atoms. The van der Waals surface area contributed by atoms with Gasteiger partial charge in [0.1, 0.15) is 11.3 Å². The van der Waals surface area contributed by atoms with E-state index in [9.17, 15) is 14.4 Å². The lowest BCUT2D eigenvalue weighted by molar-refractivity contribution is -0.139.